The van der Waals surface area contributed by atoms with E-state index in [1.807, 2.05) is 19.1 Å². The molecule has 8 heteroatoms. The van der Waals surface area contributed by atoms with Gasteiger partial charge in [0.05, 0.1) is 17.2 Å². The van der Waals surface area contributed by atoms with Gasteiger partial charge in [0.1, 0.15) is 17.8 Å². The number of nitrogens with zero attached hydrogens (tertiary/aromatic N) is 6. The number of pyridine rings is 1. The highest BCUT2D eigenvalue weighted by Gasteiger charge is 2.19. The van der Waals surface area contributed by atoms with E-state index in [-0.39, 0.29) is 0 Å². The van der Waals surface area contributed by atoms with Crippen LogP contribution in [-0.2, 0) is 13.1 Å². The third-order valence-electron chi connectivity index (χ3n) is 6.21. The highest BCUT2D eigenvalue weighted by molar-refractivity contribution is 6.30. The number of fused-ring (bicyclic) bond motifs is 3. The van der Waals surface area contributed by atoms with Gasteiger partial charge in [0.15, 0.2) is 5.65 Å². The predicted octanol–water partition coefficient (Wildman–Crippen LogP) is 4.94. The Morgan fingerprint density at radius 1 is 0.969 bits per heavy atom. The van der Waals surface area contributed by atoms with E-state index in [2.05, 4.69) is 53.3 Å². The number of aryl methyl sites for hydroxylation is 1. The van der Waals surface area contributed by atoms with E-state index in [9.17, 15) is 0 Å². The molecule has 0 N–H and O–H groups in total. The first-order chi connectivity index (χ1) is 15.7. The lowest BCUT2D eigenvalue weighted by atomic mass is 10.1. The lowest BCUT2D eigenvalue weighted by Crippen LogP contribution is -2.18. The standard InChI is InChI=1S/C24H23ClN6O/c1-16-27-28-23-5-4-20-21(31(16)23)13-22(24-26-6-9-32-24)30(20)15-18-10-17(11-19(25)12-18)14-29-7-2-3-8-29/h4-6,9-13H,2-3,7-8,14-15H2,1H3. The second-order valence-electron chi connectivity index (χ2n) is 8.45. The number of oxazole rings is 1. The Bertz CT molecular complexity index is 1410. The number of aromatic nitrogens is 5. The lowest BCUT2D eigenvalue weighted by Gasteiger charge is -2.16. The Kier molecular flexibility index (Phi) is 4.73. The van der Waals surface area contributed by atoms with Crippen LogP contribution < -0.4 is 0 Å². The van der Waals surface area contributed by atoms with E-state index in [0.717, 1.165) is 58.4 Å². The molecule has 4 aromatic heterocycles. The molecule has 1 aliphatic heterocycles. The molecule has 0 atom stereocenters. The molecule has 0 aliphatic carbocycles. The van der Waals surface area contributed by atoms with Crippen LogP contribution >= 0.6 is 11.6 Å². The summed E-state index contributed by atoms with van der Waals surface area (Å²) in [5.74, 6) is 1.43. The van der Waals surface area contributed by atoms with Crippen molar-refractivity contribution >= 4 is 28.3 Å². The molecule has 1 aliphatic rings. The average molecular weight is 447 g/mol. The van der Waals surface area contributed by atoms with Crippen molar-refractivity contribution in [2.75, 3.05) is 13.1 Å². The number of likely N-dealkylation sites (tertiary alicyclic amines) is 1. The van der Waals surface area contributed by atoms with Gasteiger partial charge in [-0.2, -0.15) is 0 Å². The summed E-state index contributed by atoms with van der Waals surface area (Å²) in [6.07, 6.45) is 5.83. The minimum atomic E-state index is 0.583. The van der Waals surface area contributed by atoms with E-state index in [1.165, 1.54) is 18.4 Å². The SMILES string of the molecule is Cc1nnc2ccc3c(cc(-c4ncco4)n3Cc3cc(Cl)cc(CN4CCCC4)c3)n12. The third-order valence-corrected chi connectivity index (χ3v) is 6.43. The van der Waals surface area contributed by atoms with Crippen molar-refractivity contribution < 1.29 is 4.42 Å². The highest BCUT2D eigenvalue weighted by Crippen LogP contribution is 2.30. The third kappa shape index (κ3) is 3.38. The molecular weight excluding hydrogens is 424 g/mol. The lowest BCUT2D eigenvalue weighted by molar-refractivity contribution is 0.331. The maximum atomic E-state index is 6.54. The van der Waals surface area contributed by atoms with Crippen LogP contribution in [0.25, 0.3) is 28.3 Å². The van der Waals surface area contributed by atoms with Gasteiger partial charge in [-0.05, 0) is 74.3 Å². The maximum absolute atomic E-state index is 6.54. The fourth-order valence-electron chi connectivity index (χ4n) is 4.82. The van der Waals surface area contributed by atoms with Gasteiger partial charge < -0.3 is 8.98 Å². The zero-order valence-corrected chi connectivity index (χ0v) is 18.6. The molecule has 6 rings (SSSR count). The van der Waals surface area contributed by atoms with Crippen molar-refractivity contribution in [3.05, 3.63) is 70.8 Å². The van der Waals surface area contributed by atoms with Crippen molar-refractivity contribution in [2.24, 2.45) is 0 Å². The second kappa shape index (κ2) is 7.76. The monoisotopic (exact) mass is 446 g/mol. The minimum Gasteiger partial charge on any atom is -0.443 e. The van der Waals surface area contributed by atoms with Crippen LogP contribution in [0.2, 0.25) is 5.02 Å². The van der Waals surface area contributed by atoms with Crippen molar-refractivity contribution in [3.63, 3.8) is 0 Å². The topological polar surface area (TPSA) is 64.4 Å². The molecule has 0 unspecified atom stereocenters. The summed E-state index contributed by atoms with van der Waals surface area (Å²) < 4.78 is 9.97. The summed E-state index contributed by atoms with van der Waals surface area (Å²) in [5, 5.41) is 9.28. The molecule has 0 radical (unpaired) electrons. The molecule has 1 fully saturated rings. The Balaban J connectivity index is 1.47. The van der Waals surface area contributed by atoms with E-state index in [0.29, 0.717) is 12.4 Å². The molecule has 0 amide bonds. The normalized spacial score (nSPS) is 14.8. The van der Waals surface area contributed by atoms with Crippen LogP contribution in [0.5, 0.6) is 0 Å². The quantitative estimate of drug-likeness (QED) is 0.382. The Labute approximate surface area is 190 Å². The van der Waals surface area contributed by atoms with Crippen molar-refractivity contribution in [3.8, 4) is 11.6 Å². The summed E-state index contributed by atoms with van der Waals surface area (Å²) in [5.41, 5.74) is 6.22. The minimum absolute atomic E-state index is 0.583. The van der Waals surface area contributed by atoms with Gasteiger partial charge in [-0.1, -0.05) is 17.7 Å². The average Bonchev–Trinajstić information content (AvgIpc) is 3.55. The zero-order valence-electron chi connectivity index (χ0n) is 17.8. The highest BCUT2D eigenvalue weighted by atomic mass is 35.5. The van der Waals surface area contributed by atoms with Gasteiger partial charge >= 0.3 is 0 Å². The maximum Gasteiger partial charge on any atom is 0.243 e. The first-order valence-electron chi connectivity index (χ1n) is 10.9. The van der Waals surface area contributed by atoms with Crippen LogP contribution in [0, 0.1) is 6.92 Å². The summed E-state index contributed by atoms with van der Waals surface area (Å²) >= 11 is 6.54. The Hall–Kier alpha value is -3.16. The van der Waals surface area contributed by atoms with E-state index >= 15 is 0 Å². The van der Waals surface area contributed by atoms with Crippen LogP contribution in [0.4, 0.5) is 0 Å². The van der Waals surface area contributed by atoms with Gasteiger partial charge in [0.2, 0.25) is 5.89 Å². The van der Waals surface area contributed by atoms with Crippen LogP contribution in [-0.4, -0.2) is 42.1 Å². The molecule has 1 saturated heterocycles. The molecule has 0 spiro atoms. The van der Waals surface area contributed by atoms with E-state index in [1.54, 1.807) is 12.5 Å². The van der Waals surface area contributed by atoms with Crippen molar-refractivity contribution in [1.29, 1.82) is 0 Å². The fourth-order valence-corrected chi connectivity index (χ4v) is 5.10. The summed E-state index contributed by atoms with van der Waals surface area (Å²) in [7, 11) is 0. The van der Waals surface area contributed by atoms with Gasteiger partial charge in [0, 0.05) is 18.1 Å². The molecule has 162 valence electrons. The second-order valence-corrected chi connectivity index (χ2v) is 8.89. The molecular formula is C24H23ClN6O. The summed E-state index contributed by atoms with van der Waals surface area (Å²) in [6, 6.07) is 12.6. The first kappa shape index (κ1) is 19.5. The summed E-state index contributed by atoms with van der Waals surface area (Å²) in [6.45, 7) is 5.87. The number of halogens is 1. The molecule has 0 bridgehead atoms. The van der Waals surface area contributed by atoms with Crippen molar-refractivity contribution in [2.45, 2.75) is 32.9 Å². The van der Waals surface area contributed by atoms with Gasteiger partial charge in [-0.15, -0.1) is 10.2 Å². The number of benzene rings is 1. The number of hydrogen-bond acceptors (Lipinski definition) is 5. The Morgan fingerprint density at radius 3 is 2.56 bits per heavy atom. The molecule has 32 heavy (non-hydrogen) atoms. The number of hydrogen-bond donors (Lipinski definition) is 0. The molecule has 5 heterocycles. The molecule has 7 nitrogen and oxygen atoms in total. The van der Waals surface area contributed by atoms with Crippen LogP contribution in [0.15, 0.2) is 53.3 Å². The zero-order chi connectivity index (χ0) is 21.7. The molecule has 0 saturated carbocycles. The molecule has 5 aromatic rings. The van der Waals surface area contributed by atoms with Gasteiger partial charge in [0.25, 0.3) is 0 Å². The van der Waals surface area contributed by atoms with Gasteiger partial charge in [-0.3, -0.25) is 9.30 Å². The summed E-state index contributed by atoms with van der Waals surface area (Å²) in [4.78, 5) is 6.91. The van der Waals surface area contributed by atoms with Crippen LogP contribution in [0.3, 0.4) is 0 Å². The molecule has 1 aromatic carbocycles. The Morgan fingerprint density at radius 2 is 1.78 bits per heavy atom. The van der Waals surface area contributed by atoms with E-state index in [4.69, 9.17) is 16.0 Å². The first-order valence-corrected chi connectivity index (χ1v) is 11.3. The largest absolute Gasteiger partial charge is 0.443 e. The van der Waals surface area contributed by atoms with Crippen LogP contribution in [0.1, 0.15) is 29.8 Å². The van der Waals surface area contributed by atoms with Crippen molar-refractivity contribution in [1.82, 2.24) is 29.0 Å². The van der Waals surface area contributed by atoms with Gasteiger partial charge in [-0.25, -0.2) is 4.98 Å². The fraction of sp³-hybridized carbons (Fsp3) is 0.292. The number of rotatable bonds is 5. The smallest absolute Gasteiger partial charge is 0.243 e. The predicted molar refractivity (Wildman–Crippen MR) is 124 cm³/mol. The van der Waals surface area contributed by atoms with E-state index < -0.39 is 0 Å².